The summed E-state index contributed by atoms with van der Waals surface area (Å²) in [6.45, 7) is 2.03. The van der Waals surface area contributed by atoms with Crippen molar-refractivity contribution in [3.05, 3.63) is 11.1 Å². The maximum absolute atomic E-state index is 3.75. The summed E-state index contributed by atoms with van der Waals surface area (Å²) in [6.07, 6.45) is 0.941. The zero-order chi connectivity index (χ0) is 5.11. The first-order chi connectivity index (χ1) is 3.43. The van der Waals surface area contributed by atoms with Crippen LogP contribution in [0.5, 0.6) is 0 Å². The third-order valence-corrected chi connectivity index (χ3v) is 1.19. The number of hydrogen-bond donors (Lipinski definition) is 0. The second-order valence-electron chi connectivity index (χ2n) is 1.18. The van der Waals surface area contributed by atoms with E-state index >= 15 is 0 Å². The molecule has 7 heavy (non-hydrogen) atoms. The van der Waals surface area contributed by atoms with Gasteiger partial charge < -0.3 is 0 Å². The third kappa shape index (κ3) is 0.962. The SMILES string of the molecule is CCc1[c]snn1. The molecule has 0 spiro atoms. The molecule has 0 saturated heterocycles. The van der Waals surface area contributed by atoms with E-state index in [1.165, 1.54) is 11.5 Å². The van der Waals surface area contributed by atoms with Gasteiger partial charge in [-0.15, -0.1) is 5.10 Å². The molecule has 0 aliphatic heterocycles. The minimum atomic E-state index is 0.941. The number of nitrogens with zero attached hydrogens (tertiary/aromatic N) is 2. The highest BCUT2D eigenvalue weighted by molar-refractivity contribution is 7.02. The number of aromatic nitrogens is 2. The maximum Gasteiger partial charge on any atom is 0.0921 e. The van der Waals surface area contributed by atoms with Crippen molar-refractivity contribution in [2.45, 2.75) is 13.3 Å². The molecule has 0 atom stereocenters. The third-order valence-electron chi connectivity index (χ3n) is 0.701. The van der Waals surface area contributed by atoms with Crippen molar-refractivity contribution in [1.82, 2.24) is 9.59 Å². The fourth-order valence-corrected chi connectivity index (χ4v) is 0.777. The van der Waals surface area contributed by atoms with E-state index in [0.29, 0.717) is 0 Å². The second kappa shape index (κ2) is 2.02. The predicted octanol–water partition coefficient (Wildman–Crippen LogP) is 0.901. The van der Waals surface area contributed by atoms with E-state index in [4.69, 9.17) is 0 Å². The quantitative estimate of drug-likeness (QED) is 0.540. The van der Waals surface area contributed by atoms with E-state index in [1.807, 2.05) is 6.92 Å². The molecular weight excluding hydrogens is 108 g/mol. The van der Waals surface area contributed by atoms with Crippen molar-refractivity contribution >= 4 is 11.5 Å². The Morgan fingerprint density at radius 3 is 3.00 bits per heavy atom. The first kappa shape index (κ1) is 4.71. The van der Waals surface area contributed by atoms with Crippen LogP contribution >= 0.6 is 11.5 Å². The number of hydrogen-bond acceptors (Lipinski definition) is 3. The Kier molecular flexibility index (Phi) is 1.36. The van der Waals surface area contributed by atoms with Crippen LogP contribution in [0.1, 0.15) is 12.6 Å². The predicted molar refractivity (Wildman–Crippen MR) is 28.1 cm³/mol. The van der Waals surface area contributed by atoms with Crippen LogP contribution in [0.3, 0.4) is 0 Å². The summed E-state index contributed by atoms with van der Waals surface area (Å²) in [5.74, 6) is 0. The summed E-state index contributed by atoms with van der Waals surface area (Å²) in [7, 11) is 0. The van der Waals surface area contributed by atoms with Crippen molar-refractivity contribution < 1.29 is 0 Å². The fraction of sp³-hybridized carbons (Fsp3) is 0.500. The van der Waals surface area contributed by atoms with E-state index in [-0.39, 0.29) is 0 Å². The smallest absolute Gasteiger partial charge is 0.0921 e. The lowest BCUT2D eigenvalue weighted by Gasteiger charge is -1.74. The molecule has 0 saturated carbocycles. The lowest BCUT2D eigenvalue weighted by atomic mass is 10.4. The molecule has 0 unspecified atom stereocenters. The van der Waals surface area contributed by atoms with Gasteiger partial charge >= 0.3 is 0 Å². The minimum absolute atomic E-state index is 0.941. The minimum Gasteiger partial charge on any atom is -0.142 e. The highest BCUT2D eigenvalue weighted by Crippen LogP contribution is 1.93. The summed E-state index contributed by atoms with van der Waals surface area (Å²) in [5, 5.41) is 6.65. The van der Waals surface area contributed by atoms with Crippen molar-refractivity contribution in [1.29, 1.82) is 0 Å². The number of rotatable bonds is 1. The van der Waals surface area contributed by atoms with Crippen LogP contribution < -0.4 is 0 Å². The Labute approximate surface area is 46.4 Å². The lowest BCUT2D eigenvalue weighted by Crippen LogP contribution is -1.76. The molecule has 1 aromatic rings. The average Bonchev–Trinajstić information content (AvgIpc) is 2.14. The van der Waals surface area contributed by atoms with Crippen LogP contribution in [0.2, 0.25) is 0 Å². The molecule has 1 radical (unpaired) electrons. The van der Waals surface area contributed by atoms with Crippen LogP contribution in [0.25, 0.3) is 0 Å². The zero-order valence-corrected chi connectivity index (χ0v) is 4.83. The largest absolute Gasteiger partial charge is 0.142 e. The maximum atomic E-state index is 3.75. The van der Waals surface area contributed by atoms with Crippen molar-refractivity contribution in [2.75, 3.05) is 0 Å². The van der Waals surface area contributed by atoms with Gasteiger partial charge in [0.25, 0.3) is 0 Å². The van der Waals surface area contributed by atoms with Gasteiger partial charge in [-0.3, -0.25) is 0 Å². The van der Waals surface area contributed by atoms with Crippen LogP contribution in [0.4, 0.5) is 0 Å². The lowest BCUT2D eigenvalue weighted by molar-refractivity contribution is 0.989. The van der Waals surface area contributed by atoms with E-state index in [2.05, 4.69) is 15.0 Å². The van der Waals surface area contributed by atoms with Crippen molar-refractivity contribution in [3.8, 4) is 0 Å². The summed E-state index contributed by atoms with van der Waals surface area (Å²) in [4.78, 5) is 0. The van der Waals surface area contributed by atoms with Crippen molar-refractivity contribution in [2.24, 2.45) is 0 Å². The molecular formula is C4H5N2S. The van der Waals surface area contributed by atoms with Crippen LogP contribution in [-0.2, 0) is 6.42 Å². The van der Waals surface area contributed by atoms with Crippen LogP contribution in [0.15, 0.2) is 0 Å². The Hall–Kier alpha value is -0.440. The van der Waals surface area contributed by atoms with Crippen LogP contribution in [-0.4, -0.2) is 9.59 Å². The molecule has 0 aliphatic rings. The number of aryl methyl sites for hydroxylation is 1. The Morgan fingerprint density at radius 2 is 2.71 bits per heavy atom. The average molecular weight is 113 g/mol. The molecule has 2 nitrogen and oxygen atoms in total. The Morgan fingerprint density at radius 1 is 1.86 bits per heavy atom. The van der Waals surface area contributed by atoms with Crippen molar-refractivity contribution in [3.63, 3.8) is 0 Å². The molecule has 1 aromatic heterocycles. The van der Waals surface area contributed by atoms with Gasteiger partial charge in [-0.05, 0) is 18.0 Å². The van der Waals surface area contributed by atoms with E-state index in [0.717, 1.165) is 12.1 Å². The Balaban J connectivity index is 2.76. The molecule has 1 heterocycles. The van der Waals surface area contributed by atoms with Gasteiger partial charge in [0, 0.05) is 0 Å². The first-order valence-electron chi connectivity index (χ1n) is 2.12. The molecule has 0 fully saturated rings. The van der Waals surface area contributed by atoms with E-state index in [1.54, 1.807) is 0 Å². The van der Waals surface area contributed by atoms with Gasteiger partial charge in [-0.2, -0.15) is 0 Å². The highest BCUT2D eigenvalue weighted by Gasteiger charge is 1.87. The molecule has 0 aliphatic carbocycles. The molecule has 0 amide bonds. The second-order valence-corrected chi connectivity index (χ2v) is 1.73. The first-order valence-corrected chi connectivity index (χ1v) is 2.89. The van der Waals surface area contributed by atoms with Gasteiger partial charge in [0.05, 0.1) is 11.1 Å². The normalized spacial score (nSPS) is 9.29. The molecule has 1 rings (SSSR count). The molecule has 0 bridgehead atoms. The van der Waals surface area contributed by atoms with Gasteiger partial charge in [0.15, 0.2) is 0 Å². The molecule has 3 heteroatoms. The highest BCUT2D eigenvalue weighted by atomic mass is 32.1. The van der Waals surface area contributed by atoms with E-state index < -0.39 is 0 Å². The summed E-state index contributed by atoms with van der Waals surface area (Å²) >= 11 is 1.28. The zero-order valence-electron chi connectivity index (χ0n) is 4.01. The summed E-state index contributed by atoms with van der Waals surface area (Å²) in [6, 6.07) is 0. The van der Waals surface area contributed by atoms with Crippen LogP contribution in [0, 0.1) is 5.38 Å². The standard InChI is InChI=1S/C4H5N2S/c1-2-4-3-7-6-5-4/h2H2,1H3. The van der Waals surface area contributed by atoms with E-state index in [9.17, 15) is 0 Å². The molecule has 0 aromatic carbocycles. The van der Waals surface area contributed by atoms with Gasteiger partial charge in [0.2, 0.25) is 0 Å². The fourth-order valence-electron chi connectivity index (χ4n) is 0.306. The van der Waals surface area contributed by atoms with Gasteiger partial charge in [-0.1, -0.05) is 11.4 Å². The van der Waals surface area contributed by atoms with Gasteiger partial charge in [-0.25, -0.2) is 0 Å². The van der Waals surface area contributed by atoms with Gasteiger partial charge in [0.1, 0.15) is 0 Å². The summed E-state index contributed by atoms with van der Waals surface area (Å²) < 4.78 is 3.63. The summed E-state index contributed by atoms with van der Waals surface area (Å²) in [5.41, 5.74) is 0.963. The monoisotopic (exact) mass is 113 g/mol. The molecule has 0 N–H and O–H groups in total. The Bertz CT molecular complexity index is 124. The molecule has 37 valence electrons. The topological polar surface area (TPSA) is 25.8 Å².